The minimum Gasteiger partial charge on any atom is -0.366 e. The molecule has 1 aliphatic heterocycles. The Hall–Kier alpha value is -2.83. The van der Waals surface area contributed by atoms with Crippen LogP contribution in [-0.2, 0) is 17.4 Å². The molecule has 0 aromatic heterocycles. The van der Waals surface area contributed by atoms with Crippen molar-refractivity contribution < 1.29 is 22.8 Å². The number of hydrogen-bond acceptors (Lipinski definition) is 2. The summed E-state index contributed by atoms with van der Waals surface area (Å²) >= 11 is 0. The highest BCUT2D eigenvalue weighted by Gasteiger charge is 2.56. The zero-order chi connectivity index (χ0) is 19.4. The van der Waals surface area contributed by atoms with Gasteiger partial charge in [-0.2, -0.15) is 13.2 Å². The quantitative estimate of drug-likeness (QED) is 0.848. The number of hydrogen-bond donors (Lipinski definition) is 2. The zero-order valence-corrected chi connectivity index (χ0v) is 14.3. The number of alkyl halides is 3. The van der Waals surface area contributed by atoms with Crippen molar-refractivity contribution in [3.05, 3.63) is 70.3 Å². The third-order valence-corrected chi connectivity index (χ3v) is 5.72. The van der Waals surface area contributed by atoms with E-state index >= 15 is 0 Å². The Bertz CT molecular complexity index is 954. The maximum atomic E-state index is 13.7. The molecule has 140 valence electrons. The fourth-order valence-corrected chi connectivity index (χ4v) is 4.62. The average molecular weight is 374 g/mol. The molecule has 0 saturated carbocycles. The van der Waals surface area contributed by atoms with Crippen molar-refractivity contribution in [3.63, 3.8) is 0 Å². The van der Waals surface area contributed by atoms with E-state index in [4.69, 9.17) is 5.73 Å². The Kier molecular flexibility index (Phi) is 3.80. The molecule has 1 aliphatic carbocycles. The van der Waals surface area contributed by atoms with E-state index in [0.717, 1.165) is 6.07 Å². The van der Waals surface area contributed by atoms with Gasteiger partial charge in [0.05, 0.1) is 11.0 Å². The summed E-state index contributed by atoms with van der Waals surface area (Å²) in [6.07, 6.45) is -3.95. The van der Waals surface area contributed by atoms with Crippen LogP contribution in [0.2, 0.25) is 0 Å². The summed E-state index contributed by atoms with van der Waals surface area (Å²) in [5, 5.41) is 2.76. The van der Waals surface area contributed by atoms with E-state index in [1.807, 2.05) is 0 Å². The number of primary amides is 1. The predicted octanol–water partition coefficient (Wildman–Crippen LogP) is 3.00. The minimum absolute atomic E-state index is 0.0578. The van der Waals surface area contributed by atoms with E-state index in [9.17, 15) is 22.8 Å². The largest absolute Gasteiger partial charge is 0.416 e. The van der Waals surface area contributed by atoms with Gasteiger partial charge in [0, 0.05) is 18.0 Å². The Morgan fingerprint density at radius 1 is 1.11 bits per heavy atom. The van der Waals surface area contributed by atoms with Crippen molar-refractivity contribution in [2.75, 3.05) is 6.54 Å². The highest BCUT2D eigenvalue weighted by Crippen LogP contribution is 2.56. The van der Waals surface area contributed by atoms with Gasteiger partial charge < -0.3 is 11.1 Å². The molecule has 4 rings (SSSR count). The number of halogens is 3. The standard InChI is InChI=1S/C20H17F3N2O2/c21-20(22,23)15-7-2-1-4-13(15)16-11-5-3-6-12(17(24)26)14(11)10-19(16)8-9-25-18(19)27/h1-7,16H,8-10H2,(H2,24,26)(H,25,27). The maximum Gasteiger partial charge on any atom is 0.416 e. The van der Waals surface area contributed by atoms with Gasteiger partial charge in [0.2, 0.25) is 11.8 Å². The first-order valence-electron chi connectivity index (χ1n) is 8.62. The predicted molar refractivity (Wildman–Crippen MR) is 92.0 cm³/mol. The summed E-state index contributed by atoms with van der Waals surface area (Å²) in [6.45, 7) is 0.392. The molecule has 2 amide bonds. The topological polar surface area (TPSA) is 72.2 Å². The SMILES string of the molecule is NC(=O)c1cccc2c1CC1(CCNC1=O)C2c1ccccc1C(F)(F)F. The average Bonchev–Trinajstić information content (AvgIpc) is 3.14. The molecule has 27 heavy (non-hydrogen) atoms. The molecule has 3 N–H and O–H groups in total. The van der Waals surface area contributed by atoms with Gasteiger partial charge in [-0.25, -0.2) is 0 Å². The van der Waals surface area contributed by atoms with Crippen LogP contribution in [0, 0.1) is 5.41 Å². The fourth-order valence-electron chi connectivity index (χ4n) is 4.62. The molecule has 4 nitrogen and oxygen atoms in total. The second kappa shape index (κ2) is 5.84. The number of rotatable bonds is 2. The van der Waals surface area contributed by atoms with Crippen LogP contribution in [0.25, 0.3) is 0 Å². The van der Waals surface area contributed by atoms with Crippen molar-refractivity contribution in [1.82, 2.24) is 5.32 Å². The van der Waals surface area contributed by atoms with Crippen LogP contribution < -0.4 is 11.1 Å². The monoisotopic (exact) mass is 374 g/mol. The third-order valence-electron chi connectivity index (χ3n) is 5.72. The molecule has 1 fully saturated rings. The van der Waals surface area contributed by atoms with E-state index in [0.29, 0.717) is 24.1 Å². The molecule has 1 spiro atoms. The third kappa shape index (κ3) is 2.52. The van der Waals surface area contributed by atoms with E-state index in [2.05, 4.69) is 5.32 Å². The van der Waals surface area contributed by atoms with Gasteiger partial charge in [-0.05, 0) is 41.7 Å². The first kappa shape index (κ1) is 17.6. The Morgan fingerprint density at radius 2 is 1.81 bits per heavy atom. The smallest absolute Gasteiger partial charge is 0.366 e. The maximum absolute atomic E-state index is 13.7. The molecule has 2 unspecified atom stereocenters. The molecule has 2 aliphatic rings. The zero-order valence-electron chi connectivity index (χ0n) is 14.3. The lowest BCUT2D eigenvalue weighted by Crippen LogP contribution is -2.36. The number of benzene rings is 2. The molecule has 7 heteroatoms. The number of carbonyl (C=O) groups is 2. The van der Waals surface area contributed by atoms with Crippen molar-refractivity contribution in [2.45, 2.75) is 24.9 Å². The van der Waals surface area contributed by atoms with Gasteiger partial charge in [0.1, 0.15) is 0 Å². The lowest BCUT2D eigenvalue weighted by Gasteiger charge is -2.31. The minimum atomic E-state index is -4.54. The highest BCUT2D eigenvalue weighted by atomic mass is 19.4. The van der Waals surface area contributed by atoms with Crippen LogP contribution in [0.1, 0.15) is 45.0 Å². The van der Waals surface area contributed by atoms with Gasteiger partial charge in [0.15, 0.2) is 0 Å². The van der Waals surface area contributed by atoms with Crippen molar-refractivity contribution in [1.29, 1.82) is 0 Å². The van der Waals surface area contributed by atoms with Crippen LogP contribution in [0.4, 0.5) is 13.2 Å². The molecule has 0 radical (unpaired) electrons. The molecular formula is C20H17F3N2O2. The lowest BCUT2D eigenvalue weighted by molar-refractivity contribution is -0.139. The van der Waals surface area contributed by atoms with Crippen LogP contribution in [-0.4, -0.2) is 18.4 Å². The Balaban J connectivity index is 2.01. The summed E-state index contributed by atoms with van der Waals surface area (Å²) in [7, 11) is 0. The molecule has 1 heterocycles. The molecule has 0 bridgehead atoms. The molecule has 2 aromatic carbocycles. The Morgan fingerprint density at radius 3 is 2.44 bits per heavy atom. The van der Waals surface area contributed by atoms with Crippen molar-refractivity contribution in [2.24, 2.45) is 11.1 Å². The lowest BCUT2D eigenvalue weighted by atomic mass is 9.70. The first-order valence-corrected chi connectivity index (χ1v) is 8.62. The van der Waals surface area contributed by atoms with E-state index in [-0.39, 0.29) is 23.5 Å². The van der Waals surface area contributed by atoms with Gasteiger partial charge in [-0.15, -0.1) is 0 Å². The fraction of sp³-hybridized carbons (Fsp3) is 0.300. The molecule has 2 aromatic rings. The van der Waals surface area contributed by atoms with Gasteiger partial charge in [0.25, 0.3) is 0 Å². The van der Waals surface area contributed by atoms with Crippen LogP contribution in [0.15, 0.2) is 42.5 Å². The summed E-state index contributed by atoms with van der Waals surface area (Å²) in [4.78, 5) is 24.6. The highest BCUT2D eigenvalue weighted by molar-refractivity contribution is 5.96. The Labute approximate surface area is 153 Å². The number of carbonyl (C=O) groups excluding carboxylic acids is 2. The molecule has 2 atom stereocenters. The number of fused-ring (bicyclic) bond motifs is 1. The number of nitrogens with one attached hydrogen (secondary N) is 1. The molecular weight excluding hydrogens is 357 g/mol. The van der Waals surface area contributed by atoms with Gasteiger partial charge in [-0.3, -0.25) is 9.59 Å². The second-order valence-electron chi connectivity index (χ2n) is 7.09. The second-order valence-corrected chi connectivity index (χ2v) is 7.09. The van der Waals surface area contributed by atoms with E-state index in [1.165, 1.54) is 12.1 Å². The van der Waals surface area contributed by atoms with E-state index in [1.54, 1.807) is 24.3 Å². The van der Waals surface area contributed by atoms with E-state index < -0.39 is 29.0 Å². The van der Waals surface area contributed by atoms with Crippen molar-refractivity contribution >= 4 is 11.8 Å². The summed E-state index contributed by atoms with van der Waals surface area (Å²) in [6, 6.07) is 10.2. The van der Waals surface area contributed by atoms with Gasteiger partial charge >= 0.3 is 6.18 Å². The number of nitrogens with two attached hydrogens (primary N) is 1. The normalized spacial score (nSPS) is 24.1. The number of amides is 2. The summed E-state index contributed by atoms with van der Waals surface area (Å²) in [5.74, 6) is -1.71. The van der Waals surface area contributed by atoms with Crippen molar-refractivity contribution in [3.8, 4) is 0 Å². The summed E-state index contributed by atoms with van der Waals surface area (Å²) in [5.41, 5.74) is 5.13. The van der Waals surface area contributed by atoms with Crippen LogP contribution >= 0.6 is 0 Å². The summed E-state index contributed by atoms with van der Waals surface area (Å²) < 4.78 is 41.0. The van der Waals surface area contributed by atoms with Crippen LogP contribution in [0.3, 0.4) is 0 Å². The molecule has 1 saturated heterocycles. The van der Waals surface area contributed by atoms with Gasteiger partial charge in [-0.1, -0.05) is 30.3 Å². The first-order chi connectivity index (χ1) is 12.8. The van der Waals surface area contributed by atoms with Crippen LogP contribution in [0.5, 0.6) is 0 Å².